The van der Waals surface area contributed by atoms with Crippen molar-refractivity contribution in [3.05, 3.63) is 42.0 Å². The Bertz CT molecular complexity index is 468. The molecule has 19 heavy (non-hydrogen) atoms. The Hall–Kier alpha value is -1.16. The van der Waals surface area contributed by atoms with Gasteiger partial charge in [-0.15, -0.1) is 0 Å². The number of nitrogens with one attached hydrogen (secondary N) is 1. The molecule has 0 aromatic heterocycles. The highest BCUT2D eigenvalue weighted by molar-refractivity contribution is 5.61. The van der Waals surface area contributed by atoms with Crippen molar-refractivity contribution in [2.24, 2.45) is 0 Å². The van der Waals surface area contributed by atoms with Gasteiger partial charge in [0.15, 0.2) is 0 Å². The van der Waals surface area contributed by atoms with Crippen LogP contribution < -0.4 is 5.32 Å². The molecule has 102 valence electrons. The van der Waals surface area contributed by atoms with Gasteiger partial charge in [0.25, 0.3) is 0 Å². The lowest BCUT2D eigenvalue weighted by Gasteiger charge is -2.45. The van der Waals surface area contributed by atoms with E-state index in [4.69, 9.17) is 4.74 Å². The van der Waals surface area contributed by atoms with E-state index in [9.17, 15) is 5.11 Å². The first-order chi connectivity index (χ1) is 9.07. The van der Waals surface area contributed by atoms with E-state index in [0.717, 1.165) is 29.5 Å². The van der Waals surface area contributed by atoms with Gasteiger partial charge < -0.3 is 15.2 Å². The molecular weight excluding hydrogens is 238 g/mol. The van der Waals surface area contributed by atoms with Gasteiger partial charge in [-0.2, -0.15) is 0 Å². The summed E-state index contributed by atoms with van der Waals surface area (Å²) in [5.74, 6) is 0. The fourth-order valence-electron chi connectivity index (χ4n) is 3.22. The smallest absolute Gasteiger partial charge is 0.0927 e. The third-order valence-electron chi connectivity index (χ3n) is 4.19. The van der Waals surface area contributed by atoms with E-state index < -0.39 is 5.60 Å². The lowest BCUT2D eigenvalue weighted by Crippen LogP contribution is -2.58. The summed E-state index contributed by atoms with van der Waals surface area (Å²) in [5, 5.41) is 14.5. The Balaban J connectivity index is 1.85. The number of ether oxygens (including phenoxy) is 1. The zero-order valence-corrected chi connectivity index (χ0v) is 11.4. The minimum Gasteiger partial charge on any atom is -0.385 e. The van der Waals surface area contributed by atoms with Crippen LogP contribution in [0.4, 0.5) is 0 Å². The minimum atomic E-state index is -0.724. The molecule has 0 spiro atoms. The predicted octanol–water partition coefficient (Wildman–Crippen LogP) is 2.06. The average molecular weight is 259 g/mol. The van der Waals surface area contributed by atoms with Gasteiger partial charge in [-0.05, 0) is 30.9 Å². The van der Waals surface area contributed by atoms with Crippen molar-refractivity contribution in [2.75, 3.05) is 13.2 Å². The van der Waals surface area contributed by atoms with Gasteiger partial charge in [-0.1, -0.05) is 36.4 Å². The molecule has 2 bridgehead atoms. The lowest BCUT2D eigenvalue weighted by molar-refractivity contribution is -0.0802. The van der Waals surface area contributed by atoms with E-state index in [0.29, 0.717) is 13.2 Å². The first kappa shape index (κ1) is 12.9. The second-order valence-electron chi connectivity index (χ2n) is 5.90. The highest BCUT2D eigenvalue weighted by Crippen LogP contribution is 2.36. The lowest BCUT2D eigenvalue weighted by atomic mass is 9.78. The van der Waals surface area contributed by atoms with Crippen LogP contribution in [0.2, 0.25) is 0 Å². The van der Waals surface area contributed by atoms with E-state index in [1.807, 2.05) is 31.2 Å². The maximum absolute atomic E-state index is 11.0. The minimum absolute atomic E-state index is 0.262. The maximum Gasteiger partial charge on any atom is 0.0927 e. The van der Waals surface area contributed by atoms with E-state index in [1.165, 1.54) is 0 Å². The molecule has 3 rings (SSSR count). The molecule has 2 N–H and O–H groups in total. The van der Waals surface area contributed by atoms with E-state index in [-0.39, 0.29) is 12.1 Å². The van der Waals surface area contributed by atoms with Crippen LogP contribution in [0.25, 0.3) is 5.57 Å². The van der Waals surface area contributed by atoms with Crippen molar-refractivity contribution in [3.8, 4) is 0 Å². The largest absolute Gasteiger partial charge is 0.385 e. The number of allylic oxidation sites excluding steroid dienone is 1. The van der Waals surface area contributed by atoms with Crippen LogP contribution in [0.3, 0.4) is 0 Å². The number of rotatable bonds is 2. The summed E-state index contributed by atoms with van der Waals surface area (Å²) in [6.45, 7) is 7.33. The van der Waals surface area contributed by atoms with E-state index in [2.05, 4.69) is 11.9 Å². The fourth-order valence-corrected chi connectivity index (χ4v) is 3.22. The number of hydrogen-bond donors (Lipinski definition) is 2. The monoisotopic (exact) mass is 259 g/mol. The standard InChI is InChI=1S/C16H21NO2/c1-11(2)12-3-5-13(6-4-12)16(18)7-14-9-19-10-15(8-16)17-14/h3-6,14-15,17-18H,1,7-10H2,2H3. The van der Waals surface area contributed by atoms with Crippen LogP contribution in [0.15, 0.2) is 30.8 Å². The average Bonchev–Trinajstić information content (AvgIpc) is 2.38. The molecule has 2 heterocycles. The quantitative estimate of drug-likeness (QED) is 0.854. The zero-order valence-electron chi connectivity index (χ0n) is 11.4. The maximum atomic E-state index is 11.0. The normalized spacial score (nSPS) is 34.0. The van der Waals surface area contributed by atoms with Gasteiger partial charge in [0.2, 0.25) is 0 Å². The fraction of sp³-hybridized carbons (Fsp3) is 0.500. The van der Waals surface area contributed by atoms with Crippen molar-refractivity contribution in [2.45, 2.75) is 37.5 Å². The van der Waals surface area contributed by atoms with Gasteiger partial charge in [0.05, 0.1) is 18.8 Å². The van der Waals surface area contributed by atoms with Crippen molar-refractivity contribution >= 4 is 5.57 Å². The summed E-state index contributed by atoms with van der Waals surface area (Å²) in [6.07, 6.45) is 1.44. The molecule has 0 amide bonds. The molecule has 3 nitrogen and oxygen atoms in total. The summed E-state index contributed by atoms with van der Waals surface area (Å²) in [4.78, 5) is 0. The third-order valence-corrected chi connectivity index (χ3v) is 4.19. The Morgan fingerprint density at radius 1 is 1.26 bits per heavy atom. The van der Waals surface area contributed by atoms with Crippen LogP contribution in [0.1, 0.15) is 30.9 Å². The molecule has 0 radical (unpaired) electrons. The molecule has 2 aliphatic rings. The molecule has 0 aliphatic carbocycles. The van der Waals surface area contributed by atoms with Crippen molar-refractivity contribution < 1.29 is 9.84 Å². The van der Waals surface area contributed by atoms with Gasteiger partial charge in [0.1, 0.15) is 0 Å². The molecule has 0 saturated carbocycles. The van der Waals surface area contributed by atoms with Crippen LogP contribution >= 0.6 is 0 Å². The Morgan fingerprint density at radius 3 is 2.37 bits per heavy atom. The molecule has 2 saturated heterocycles. The van der Waals surface area contributed by atoms with Crippen molar-refractivity contribution in [1.29, 1.82) is 0 Å². The number of piperidine rings is 1. The highest BCUT2D eigenvalue weighted by Gasteiger charge is 2.42. The number of aliphatic hydroxyl groups is 1. The molecule has 3 heteroatoms. The van der Waals surface area contributed by atoms with Crippen LogP contribution in [0.5, 0.6) is 0 Å². The molecule has 1 aromatic rings. The van der Waals surface area contributed by atoms with E-state index in [1.54, 1.807) is 0 Å². The molecule has 2 fully saturated rings. The third kappa shape index (κ3) is 2.46. The molecule has 2 atom stereocenters. The molecule has 1 aromatic carbocycles. The summed E-state index contributed by atoms with van der Waals surface area (Å²) < 4.78 is 5.53. The SMILES string of the molecule is C=C(C)c1ccc(C2(O)CC3COCC(C2)N3)cc1. The first-order valence-corrected chi connectivity index (χ1v) is 6.89. The predicted molar refractivity (Wildman–Crippen MR) is 75.8 cm³/mol. The Morgan fingerprint density at radius 2 is 1.84 bits per heavy atom. The van der Waals surface area contributed by atoms with Crippen LogP contribution in [0, 0.1) is 0 Å². The Labute approximate surface area is 114 Å². The number of benzene rings is 1. The molecule has 2 aliphatic heterocycles. The highest BCUT2D eigenvalue weighted by atomic mass is 16.5. The summed E-state index contributed by atoms with van der Waals surface area (Å²) in [5.41, 5.74) is 2.47. The van der Waals surface area contributed by atoms with Crippen molar-refractivity contribution in [3.63, 3.8) is 0 Å². The zero-order chi connectivity index (χ0) is 13.5. The second-order valence-corrected chi connectivity index (χ2v) is 5.90. The number of morpholine rings is 1. The summed E-state index contributed by atoms with van der Waals surface area (Å²) >= 11 is 0. The number of fused-ring (bicyclic) bond motifs is 2. The van der Waals surface area contributed by atoms with Crippen LogP contribution in [-0.4, -0.2) is 30.4 Å². The van der Waals surface area contributed by atoms with Gasteiger partial charge >= 0.3 is 0 Å². The van der Waals surface area contributed by atoms with Gasteiger partial charge in [-0.25, -0.2) is 0 Å². The summed E-state index contributed by atoms with van der Waals surface area (Å²) in [7, 11) is 0. The molecular formula is C16H21NO2. The number of hydrogen-bond acceptors (Lipinski definition) is 3. The summed E-state index contributed by atoms with van der Waals surface area (Å²) in [6, 6.07) is 8.68. The van der Waals surface area contributed by atoms with Gasteiger partial charge in [0, 0.05) is 12.1 Å². The van der Waals surface area contributed by atoms with Gasteiger partial charge in [-0.3, -0.25) is 0 Å². The Kier molecular flexibility index (Phi) is 3.21. The van der Waals surface area contributed by atoms with Crippen molar-refractivity contribution in [1.82, 2.24) is 5.32 Å². The second kappa shape index (κ2) is 4.75. The topological polar surface area (TPSA) is 41.5 Å². The van der Waals surface area contributed by atoms with E-state index >= 15 is 0 Å². The first-order valence-electron chi connectivity index (χ1n) is 6.89. The van der Waals surface area contributed by atoms with Crippen LogP contribution in [-0.2, 0) is 10.3 Å². The molecule has 2 unspecified atom stereocenters.